The summed E-state index contributed by atoms with van der Waals surface area (Å²) in [5.41, 5.74) is 7.84. The van der Waals surface area contributed by atoms with Crippen LogP contribution in [0.5, 0.6) is 0 Å². The van der Waals surface area contributed by atoms with Gasteiger partial charge in [-0.05, 0) is 23.6 Å². The molecule has 0 atom stereocenters. The van der Waals surface area contributed by atoms with Crippen molar-refractivity contribution in [1.29, 1.82) is 0 Å². The molecule has 2 rings (SSSR count). The van der Waals surface area contributed by atoms with Crippen LogP contribution in [0.1, 0.15) is 17.5 Å². The zero-order valence-corrected chi connectivity index (χ0v) is 14.5. The first kappa shape index (κ1) is 18.2. The summed E-state index contributed by atoms with van der Waals surface area (Å²) in [5, 5.41) is 3.45. The monoisotopic (exact) mass is 364 g/mol. The molecule has 0 aliphatic carbocycles. The molecule has 0 radical (unpaired) electrons. The molecule has 2 aromatic rings. The van der Waals surface area contributed by atoms with Crippen LogP contribution in [0.3, 0.4) is 0 Å². The van der Waals surface area contributed by atoms with Gasteiger partial charge in [0, 0.05) is 6.54 Å². The molecule has 6 heteroatoms. The number of nitrogens with one attached hydrogen (secondary N) is 1. The molecule has 1 amide bonds. The zero-order chi connectivity index (χ0) is 17.4. The van der Waals surface area contributed by atoms with E-state index in [9.17, 15) is 4.79 Å². The Hall–Kier alpha value is -2.17. The standard InChI is InChI=1S/C18H18Cl2N2O2/c19-16-14(9-10-15(21)17(16)20)8-4-5-11-22-18(23)24-12-13-6-2-1-3-7-13/h1-4,6-10H,5,11-12,21H2,(H,22,23). The molecule has 3 N–H and O–H groups in total. The molecule has 0 heterocycles. The number of ether oxygens (including phenoxy) is 1. The Kier molecular flexibility index (Phi) is 6.97. The quantitative estimate of drug-likeness (QED) is 0.565. The van der Waals surface area contributed by atoms with Crippen molar-refractivity contribution >= 4 is 41.1 Å². The van der Waals surface area contributed by atoms with Crippen molar-refractivity contribution in [2.24, 2.45) is 0 Å². The predicted molar refractivity (Wildman–Crippen MR) is 99.2 cm³/mol. The van der Waals surface area contributed by atoms with Crippen molar-refractivity contribution in [3.8, 4) is 0 Å². The van der Waals surface area contributed by atoms with Crippen molar-refractivity contribution in [3.63, 3.8) is 0 Å². The first-order chi connectivity index (χ1) is 11.6. The Bertz CT molecular complexity index is 718. The number of carbonyl (C=O) groups is 1. The molecule has 0 saturated carbocycles. The van der Waals surface area contributed by atoms with Crippen LogP contribution in [0.25, 0.3) is 6.08 Å². The molecule has 0 aromatic heterocycles. The van der Waals surface area contributed by atoms with E-state index < -0.39 is 6.09 Å². The highest BCUT2D eigenvalue weighted by atomic mass is 35.5. The number of alkyl carbamates (subject to hydrolysis) is 1. The maximum Gasteiger partial charge on any atom is 0.407 e. The molecular formula is C18H18Cl2N2O2. The smallest absolute Gasteiger partial charge is 0.407 e. The van der Waals surface area contributed by atoms with Gasteiger partial charge < -0.3 is 15.8 Å². The zero-order valence-electron chi connectivity index (χ0n) is 13.0. The Morgan fingerprint density at radius 1 is 1.12 bits per heavy atom. The number of benzene rings is 2. The van der Waals surface area contributed by atoms with E-state index in [-0.39, 0.29) is 6.61 Å². The van der Waals surface area contributed by atoms with E-state index in [1.54, 1.807) is 12.1 Å². The van der Waals surface area contributed by atoms with Crippen molar-refractivity contribution in [2.45, 2.75) is 13.0 Å². The average Bonchev–Trinajstić information content (AvgIpc) is 2.60. The highest BCUT2D eigenvalue weighted by Gasteiger charge is 2.05. The maximum atomic E-state index is 11.6. The van der Waals surface area contributed by atoms with Gasteiger partial charge in [0.1, 0.15) is 6.61 Å². The van der Waals surface area contributed by atoms with Crippen molar-refractivity contribution in [3.05, 3.63) is 69.7 Å². The van der Waals surface area contributed by atoms with Gasteiger partial charge in [0.25, 0.3) is 0 Å². The van der Waals surface area contributed by atoms with Gasteiger partial charge in [-0.25, -0.2) is 4.79 Å². The van der Waals surface area contributed by atoms with Crippen LogP contribution >= 0.6 is 23.2 Å². The molecule has 4 nitrogen and oxygen atoms in total. The molecule has 0 bridgehead atoms. The van der Waals surface area contributed by atoms with E-state index in [2.05, 4.69) is 5.32 Å². The number of hydrogen-bond acceptors (Lipinski definition) is 3. The van der Waals surface area contributed by atoms with Crippen LogP contribution in [-0.4, -0.2) is 12.6 Å². The van der Waals surface area contributed by atoms with Gasteiger partial charge in [-0.3, -0.25) is 0 Å². The third kappa shape index (κ3) is 5.48. The lowest BCUT2D eigenvalue weighted by atomic mass is 10.2. The molecule has 24 heavy (non-hydrogen) atoms. The van der Waals surface area contributed by atoms with E-state index in [0.29, 0.717) is 28.7 Å². The van der Waals surface area contributed by atoms with Gasteiger partial charge >= 0.3 is 6.09 Å². The summed E-state index contributed by atoms with van der Waals surface area (Å²) in [5.74, 6) is 0. The van der Waals surface area contributed by atoms with Gasteiger partial charge in [-0.2, -0.15) is 0 Å². The van der Waals surface area contributed by atoms with Crippen LogP contribution in [0.2, 0.25) is 10.0 Å². The van der Waals surface area contributed by atoms with E-state index in [1.807, 2.05) is 42.5 Å². The number of rotatable bonds is 6. The number of hydrogen-bond donors (Lipinski definition) is 2. The van der Waals surface area contributed by atoms with Crippen molar-refractivity contribution < 1.29 is 9.53 Å². The summed E-state index contributed by atoms with van der Waals surface area (Å²) >= 11 is 12.1. The second-order valence-electron chi connectivity index (χ2n) is 5.05. The summed E-state index contributed by atoms with van der Waals surface area (Å²) in [4.78, 5) is 11.6. The SMILES string of the molecule is Nc1ccc(C=CCCNC(=O)OCc2ccccc2)c(Cl)c1Cl. The normalized spacial score (nSPS) is 10.8. The van der Waals surface area contributed by atoms with Crippen molar-refractivity contribution in [1.82, 2.24) is 5.32 Å². The average molecular weight is 365 g/mol. The van der Waals surface area contributed by atoms with Crippen LogP contribution in [0, 0.1) is 0 Å². The maximum absolute atomic E-state index is 11.6. The van der Waals surface area contributed by atoms with E-state index in [4.69, 9.17) is 33.7 Å². The second kappa shape index (κ2) is 9.21. The molecule has 0 spiro atoms. The minimum Gasteiger partial charge on any atom is -0.445 e. The molecule has 2 aromatic carbocycles. The lowest BCUT2D eigenvalue weighted by Crippen LogP contribution is -2.24. The van der Waals surface area contributed by atoms with E-state index in [1.165, 1.54) is 0 Å². The third-order valence-corrected chi connectivity index (χ3v) is 4.14. The van der Waals surface area contributed by atoms with E-state index in [0.717, 1.165) is 11.1 Å². The highest BCUT2D eigenvalue weighted by Crippen LogP contribution is 2.31. The van der Waals surface area contributed by atoms with Crippen molar-refractivity contribution in [2.75, 3.05) is 12.3 Å². The lowest BCUT2D eigenvalue weighted by molar-refractivity contribution is 0.140. The topological polar surface area (TPSA) is 64.3 Å². The molecule has 126 valence electrons. The van der Waals surface area contributed by atoms with Gasteiger partial charge in [0.15, 0.2) is 0 Å². The molecule has 0 fully saturated rings. The Labute approximate surface area is 151 Å². The van der Waals surface area contributed by atoms with Gasteiger partial charge in [-0.1, -0.05) is 71.8 Å². The van der Waals surface area contributed by atoms with Crippen LogP contribution < -0.4 is 11.1 Å². The van der Waals surface area contributed by atoms with Gasteiger partial charge in [0.05, 0.1) is 15.7 Å². The first-order valence-electron chi connectivity index (χ1n) is 7.42. The molecular weight excluding hydrogens is 347 g/mol. The largest absolute Gasteiger partial charge is 0.445 e. The summed E-state index contributed by atoms with van der Waals surface area (Å²) in [7, 11) is 0. The first-order valence-corrected chi connectivity index (χ1v) is 8.18. The Morgan fingerprint density at radius 3 is 2.62 bits per heavy atom. The molecule has 0 aliphatic rings. The molecule has 0 unspecified atom stereocenters. The summed E-state index contributed by atoms with van der Waals surface area (Å²) in [6.45, 7) is 0.715. The number of nitrogen functional groups attached to an aromatic ring is 1. The minimum atomic E-state index is -0.444. The van der Waals surface area contributed by atoms with E-state index >= 15 is 0 Å². The Morgan fingerprint density at radius 2 is 1.88 bits per heavy atom. The number of amides is 1. The fourth-order valence-corrected chi connectivity index (χ4v) is 2.36. The lowest BCUT2D eigenvalue weighted by Gasteiger charge is -2.06. The molecule has 0 saturated heterocycles. The second-order valence-corrected chi connectivity index (χ2v) is 5.81. The highest BCUT2D eigenvalue weighted by molar-refractivity contribution is 6.44. The van der Waals surface area contributed by atoms with Crippen LogP contribution in [-0.2, 0) is 11.3 Å². The summed E-state index contributed by atoms with van der Waals surface area (Å²) in [6.07, 6.45) is 3.93. The third-order valence-electron chi connectivity index (χ3n) is 3.23. The van der Waals surface area contributed by atoms with Gasteiger partial charge in [-0.15, -0.1) is 0 Å². The fourth-order valence-electron chi connectivity index (χ4n) is 1.95. The Balaban J connectivity index is 1.71. The van der Waals surface area contributed by atoms with Crippen LogP contribution in [0.15, 0.2) is 48.5 Å². The van der Waals surface area contributed by atoms with Gasteiger partial charge in [0.2, 0.25) is 0 Å². The van der Waals surface area contributed by atoms with Crippen LogP contribution in [0.4, 0.5) is 10.5 Å². The minimum absolute atomic E-state index is 0.252. The number of halogens is 2. The fraction of sp³-hybridized carbons (Fsp3) is 0.167. The summed E-state index contributed by atoms with van der Waals surface area (Å²) in [6, 6.07) is 13.0. The number of anilines is 1. The number of carbonyl (C=O) groups excluding carboxylic acids is 1. The summed E-state index contributed by atoms with van der Waals surface area (Å²) < 4.78 is 5.11. The molecule has 0 aliphatic heterocycles. The predicted octanol–water partition coefficient (Wildman–Crippen LogP) is 4.91. The number of nitrogens with two attached hydrogens (primary N) is 1.